The molecule has 0 saturated heterocycles. The molecule has 6 nitrogen and oxygen atoms in total. The lowest BCUT2D eigenvalue weighted by atomic mass is 10.2. The zero-order valence-corrected chi connectivity index (χ0v) is 12.9. The normalized spacial score (nSPS) is 11.9. The molecule has 1 aromatic heterocycles. The number of aromatic nitrogens is 1. The molecular formula is C13H19N3O3S. The molecule has 0 amide bonds. The van der Waals surface area contributed by atoms with E-state index in [0.717, 1.165) is 0 Å². The highest BCUT2D eigenvalue weighted by molar-refractivity contribution is 7.14. The number of hydrogen-bond donors (Lipinski definition) is 1. The number of oxime groups is 1. The van der Waals surface area contributed by atoms with Crippen molar-refractivity contribution in [2.45, 2.75) is 26.4 Å². The Kier molecular flexibility index (Phi) is 5.69. The third kappa shape index (κ3) is 5.00. The highest BCUT2D eigenvalue weighted by Crippen LogP contribution is 2.18. The van der Waals surface area contributed by atoms with Crippen molar-refractivity contribution in [2.24, 2.45) is 5.16 Å². The van der Waals surface area contributed by atoms with Crippen LogP contribution in [-0.2, 0) is 14.4 Å². The van der Waals surface area contributed by atoms with Crippen molar-refractivity contribution in [1.29, 1.82) is 0 Å². The lowest BCUT2D eigenvalue weighted by molar-refractivity contribution is -0.146. The number of esters is 1. The smallest absolute Gasteiger partial charge is 0.363 e. The number of thiazole rings is 1. The summed E-state index contributed by atoms with van der Waals surface area (Å²) in [5.41, 5.74) is -0.145. The van der Waals surface area contributed by atoms with E-state index in [-0.39, 0.29) is 5.71 Å². The molecule has 0 aliphatic carbocycles. The van der Waals surface area contributed by atoms with Gasteiger partial charge in [0.25, 0.3) is 0 Å². The van der Waals surface area contributed by atoms with Gasteiger partial charge in [-0.1, -0.05) is 11.2 Å². The largest absolute Gasteiger partial charge is 0.455 e. The summed E-state index contributed by atoms with van der Waals surface area (Å²) in [7, 11) is 1.37. The molecule has 0 fully saturated rings. The SMILES string of the molecule is C=CCNc1nc(C(=NOC)C(=O)OC(C)(C)C)cs1. The van der Waals surface area contributed by atoms with Gasteiger partial charge in [0.05, 0.1) is 0 Å². The summed E-state index contributed by atoms with van der Waals surface area (Å²) in [4.78, 5) is 21.0. The fourth-order valence-corrected chi connectivity index (χ4v) is 1.93. The van der Waals surface area contributed by atoms with Gasteiger partial charge in [0.15, 0.2) is 5.13 Å². The van der Waals surface area contributed by atoms with Crippen LogP contribution in [0.4, 0.5) is 5.13 Å². The van der Waals surface area contributed by atoms with E-state index >= 15 is 0 Å². The van der Waals surface area contributed by atoms with Crippen molar-refractivity contribution >= 4 is 28.1 Å². The van der Waals surface area contributed by atoms with E-state index in [0.29, 0.717) is 17.4 Å². The predicted molar refractivity (Wildman–Crippen MR) is 80.2 cm³/mol. The van der Waals surface area contributed by atoms with Gasteiger partial charge in [-0.05, 0) is 20.8 Å². The first-order valence-electron chi connectivity index (χ1n) is 6.02. The van der Waals surface area contributed by atoms with Gasteiger partial charge >= 0.3 is 5.97 Å². The van der Waals surface area contributed by atoms with E-state index < -0.39 is 11.6 Å². The van der Waals surface area contributed by atoms with Gasteiger partial charge in [-0.3, -0.25) is 0 Å². The summed E-state index contributed by atoms with van der Waals surface area (Å²) in [6.45, 7) is 9.56. The minimum Gasteiger partial charge on any atom is -0.455 e. The zero-order valence-electron chi connectivity index (χ0n) is 12.1. The first-order chi connectivity index (χ1) is 9.37. The van der Waals surface area contributed by atoms with Crippen LogP contribution in [0.2, 0.25) is 0 Å². The van der Waals surface area contributed by atoms with Crippen LogP contribution in [0.5, 0.6) is 0 Å². The van der Waals surface area contributed by atoms with E-state index in [1.807, 2.05) is 0 Å². The molecule has 0 spiro atoms. The van der Waals surface area contributed by atoms with Crippen LogP contribution in [0.1, 0.15) is 26.5 Å². The second-order valence-electron chi connectivity index (χ2n) is 4.83. The van der Waals surface area contributed by atoms with Gasteiger partial charge in [-0.15, -0.1) is 17.9 Å². The lowest BCUT2D eigenvalue weighted by Gasteiger charge is -2.19. The number of carbonyl (C=O) groups is 1. The van der Waals surface area contributed by atoms with Crippen LogP contribution in [-0.4, -0.2) is 35.9 Å². The number of nitrogens with zero attached hydrogens (tertiary/aromatic N) is 2. The summed E-state index contributed by atoms with van der Waals surface area (Å²) in [6, 6.07) is 0. The average molecular weight is 297 g/mol. The molecule has 0 aliphatic rings. The maximum atomic E-state index is 12.1. The standard InChI is InChI=1S/C13H19N3O3S/c1-6-7-14-12-15-9(8-20-12)10(16-18-5)11(17)19-13(2,3)4/h6,8H,1,7H2,2-5H3,(H,14,15). The van der Waals surface area contributed by atoms with Crippen LogP contribution in [0, 0.1) is 0 Å². The molecule has 0 saturated carbocycles. The molecule has 110 valence electrons. The van der Waals surface area contributed by atoms with E-state index in [1.165, 1.54) is 18.4 Å². The fraction of sp³-hybridized carbons (Fsp3) is 0.462. The number of anilines is 1. The van der Waals surface area contributed by atoms with Crippen LogP contribution < -0.4 is 5.32 Å². The van der Waals surface area contributed by atoms with Gasteiger partial charge < -0.3 is 14.9 Å². The minimum atomic E-state index is -0.606. The molecule has 1 heterocycles. The Morgan fingerprint density at radius 3 is 2.85 bits per heavy atom. The van der Waals surface area contributed by atoms with Crippen LogP contribution in [0.3, 0.4) is 0 Å². The van der Waals surface area contributed by atoms with Gasteiger partial charge in [0.2, 0.25) is 5.71 Å². The average Bonchev–Trinajstić information content (AvgIpc) is 2.79. The highest BCUT2D eigenvalue weighted by atomic mass is 32.1. The second-order valence-corrected chi connectivity index (χ2v) is 5.69. The van der Waals surface area contributed by atoms with Crippen molar-refractivity contribution in [3.8, 4) is 0 Å². The van der Waals surface area contributed by atoms with Gasteiger partial charge in [0, 0.05) is 11.9 Å². The Labute approximate surface area is 122 Å². The van der Waals surface area contributed by atoms with E-state index in [2.05, 4.69) is 22.0 Å². The number of ether oxygens (including phenoxy) is 1. The Hall–Kier alpha value is -1.89. The Morgan fingerprint density at radius 1 is 1.60 bits per heavy atom. The predicted octanol–water partition coefficient (Wildman–Crippen LogP) is 2.43. The van der Waals surface area contributed by atoms with Crippen molar-refractivity contribution < 1.29 is 14.4 Å². The van der Waals surface area contributed by atoms with E-state index in [9.17, 15) is 4.79 Å². The number of carbonyl (C=O) groups excluding carboxylic acids is 1. The minimum absolute atomic E-state index is 0.0466. The Morgan fingerprint density at radius 2 is 2.30 bits per heavy atom. The maximum Gasteiger partial charge on any atom is 0.363 e. The zero-order chi connectivity index (χ0) is 15.2. The van der Waals surface area contributed by atoms with Crippen molar-refractivity contribution in [3.05, 3.63) is 23.7 Å². The quantitative estimate of drug-likeness (QED) is 0.378. The number of hydrogen-bond acceptors (Lipinski definition) is 7. The van der Waals surface area contributed by atoms with E-state index in [1.54, 1.807) is 32.2 Å². The van der Waals surface area contributed by atoms with Crippen molar-refractivity contribution in [1.82, 2.24) is 4.98 Å². The molecule has 0 bridgehead atoms. The summed E-state index contributed by atoms with van der Waals surface area (Å²) in [5, 5.41) is 9.14. The molecule has 0 atom stereocenters. The molecule has 1 rings (SSSR count). The molecule has 1 N–H and O–H groups in total. The van der Waals surface area contributed by atoms with Gasteiger partial charge in [-0.2, -0.15) is 0 Å². The maximum absolute atomic E-state index is 12.1. The first kappa shape index (κ1) is 16.2. The molecule has 0 radical (unpaired) electrons. The van der Waals surface area contributed by atoms with Crippen molar-refractivity contribution in [3.63, 3.8) is 0 Å². The van der Waals surface area contributed by atoms with Gasteiger partial charge in [-0.25, -0.2) is 9.78 Å². The van der Waals surface area contributed by atoms with Crippen LogP contribution in [0.25, 0.3) is 0 Å². The van der Waals surface area contributed by atoms with E-state index in [4.69, 9.17) is 9.57 Å². The number of rotatable bonds is 6. The number of nitrogens with one attached hydrogen (secondary N) is 1. The molecule has 1 aromatic rings. The fourth-order valence-electron chi connectivity index (χ4n) is 1.23. The molecule has 0 aliphatic heterocycles. The summed E-state index contributed by atoms with van der Waals surface area (Å²) >= 11 is 1.36. The molecule has 7 heteroatoms. The summed E-state index contributed by atoms with van der Waals surface area (Å²) < 4.78 is 5.28. The topological polar surface area (TPSA) is 72.8 Å². The third-order valence-electron chi connectivity index (χ3n) is 1.92. The van der Waals surface area contributed by atoms with Crippen molar-refractivity contribution in [2.75, 3.05) is 19.0 Å². The summed E-state index contributed by atoms with van der Waals surface area (Å²) in [6.07, 6.45) is 1.72. The monoisotopic (exact) mass is 297 g/mol. The first-order valence-corrected chi connectivity index (χ1v) is 6.90. The molecular weight excluding hydrogens is 278 g/mol. The van der Waals surface area contributed by atoms with Crippen LogP contribution in [0.15, 0.2) is 23.2 Å². The van der Waals surface area contributed by atoms with Crippen LogP contribution >= 0.6 is 11.3 Å². The lowest BCUT2D eigenvalue weighted by Crippen LogP contribution is -2.29. The Balaban J connectivity index is 2.91. The Bertz CT molecular complexity index is 503. The molecule has 0 unspecified atom stereocenters. The second kappa shape index (κ2) is 7.04. The summed E-state index contributed by atoms with van der Waals surface area (Å²) in [5.74, 6) is -0.570. The molecule has 20 heavy (non-hydrogen) atoms. The molecule has 0 aromatic carbocycles. The highest BCUT2D eigenvalue weighted by Gasteiger charge is 2.25. The van der Waals surface area contributed by atoms with Gasteiger partial charge in [0.1, 0.15) is 18.4 Å². The third-order valence-corrected chi connectivity index (χ3v) is 2.72.